The minimum absolute atomic E-state index is 0.290. The van der Waals surface area contributed by atoms with Gasteiger partial charge >= 0.3 is 0 Å². The van der Waals surface area contributed by atoms with E-state index in [1.54, 1.807) is 17.2 Å². The zero-order valence-electron chi connectivity index (χ0n) is 26.7. The molecular weight excluding hydrogens is 590 g/mol. The third-order valence-electron chi connectivity index (χ3n) is 7.90. The number of halogens is 1. The molecule has 4 heterocycles. The van der Waals surface area contributed by atoms with E-state index in [9.17, 15) is 14.4 Å². The summed E-state index contributed by atoms with van der Waals surface area (Å²) in [5.74, 6) is 1.38. The average molecular weight is 634 g/mol. The van der Waals surface area contributed by atoms with Crippen molar-refractivity contribution < 1.29 is 14.4 Å². The van der Waals surface area contributed by atoms with E-state index in [4.69, 9.17) is 16.9 Å². The number of benzene rings is 1. The molecule has 1 saturated carbocycles. The standard InChI is InChI=1S/C15H14ClNO2.C11H14N4.C5H10N2O.C3H6/c1-9-6-11(16)7-12-13(8-19)15(10-2-3-10)17(4-5-18)14(9)12;1-14-4-6-15(7-5-14)11-3-2-10(8-12)9-13-11;1-6-5-2-7(3-5)4-8;1-3-2/h5-8,10H,2-4H2,1H3;2-3,9H,4-7H2,1H3;4-6H,2-3H2,1H3;3H,1H2,2H3. The second-order valence-electron chi connectivity index (χ2n) is 11.3. The predicted octanol–water partition coefficient (Wildman–Crippen LogP) is 4.44. The van der Waals surface area contributed by atoms with E-state index in [2.05, 4.69) is 39.8 Å². The Labute approximate surface area is 271 Å². The van der Waals surface area contributed by atoms with Crippen LogP contribution in [0.15, 0.2) is 43.1 Å². The number of carbonyl (C=O) groups is 3. The number of hydrogen-bond acceptors (Lipinski definition) is 8. The monoisotopic (exact) mass is 633 g/mol. The van der Waals surface area contributed by atoms with Gasteiger partial charge in [-0.1, -0.05) is 17.7 Å². The van der Waals surface area contributed by atoms with Gasteiger partial charge in [0, 0.05) is 79.1 Å². The Hall–Kier alpha value is -4.04. The zero-order valence-corrected chi connectivity index (χ0v) is 27.5. The molecule has 11 heteroatoms. The molecule has 10 nitrogen and oxygen atoms in total. The molecule has 0 atom stereocenters. The van der Waals surface area contributed by atoms with Crippen molar-refractivity contribution in [2.45, 2.75) is 45.2 Å². The number of carbonyl (C=O) groups excluding carboxylic acids is 3. The number of amides is 1. The molecule has 45 heavy (non-hydrogen) atoms. The molecule has 2 aromatic heterocycles. The van der Waals surface area contributed by atoms with E-state index >= 15 is 0 Å². The smallest absolute Gasteiger partial charge is 0.209 e. The number of nitrogens with one attached hydrogen (secondary N) is 1. The van der Waals surface area contributed by atoms with Crippen molar-refractivity contribution in [2.24, 2.45) is 0 Å². The fourth-order valence-electron chi connectivity index (χ4n) is 5.34. The van der Waals surface area contributed by atoms with Crippen molar-refractivity contribution in [2.75, 3.05) is 58.3 Å². The quantitative estimate of drug-likeness (QED) is 0.300. The van der Waals surface area contributed by atoms with Gasteiger partial charge in [-0.25, -0.2) is 4.98 Å². The van der Waals surface area contributed by atoms with Crippen LogP contribution in [0.2, 0.25) is 5.02 Å². The van der Waals surface area contributed by atoms with Crippen LogP contribution < -0.4 is 10.2 Å². The summed E-state index contributed by atoms with van der Waals surface area (Å²) < 4.78 is 1.98. The van der Waals surface area contributed by atoms with Crippen molar-refractivity contribution >= 4 is 47.3 Å². The van der Waals surface area contributed by atoms with Crippen molar-refractivity contribution in [3.8, 4) is 6.07 Å². The number of nitrogens with zero attached hydrogens (tertiary/aromatic N) is 6. The number of hydrogen-bond donors (Lipinski definition) is 1. The van der Waals surface area contributed by atoms with E-state index in [-0.39, 0.29) is 0 Å². The van der Waals surface area contributed by atoms with Crippen LogP contribution in [0.25, 0.3) is 10.9 Å². The number of likely N-dealkylation sites (N-methyl/N-ethyl adjacent to an activating group) is 2. The lowest BCUT2D eigenvalue weighted by Crippen LogP contribution is -2.56. The first kappa shape index (κ1) is 35.4. The zero-order chi connectivity index (χ0) is 32.9. The molecule has 240 valence electrons. The number of fused-ring (bicyclic) bond motifs is 1. The third kappa shape index (κ3) is 9.47. The number of aryl methyl sites for hydroxylation is 1. The fraction of sp³-hybridized carbons (Fsp3) is 0.441. The number of aldehydes is 2. The molecule has 1 N–H and O–H groups in total. The summed E-state index contributed by atoms with van der Waals surface area (Å²) >= 11 is 6.09. The SMILES string of the molecule is C=CC.CN1CCN(c2ccc(C#N)cn2)CC1.CNC1CN(C=O)C1.Cc1cc(Cl)cc2c(C=O)c(C3CC3)n(CC=O)c12. The van der Waals surface area contributed by atoms with Crippen LogP contribution >= 0.6 is 11.6 Å². The van der Waals surface area contributed by atoms with Gasteiger partial charge in [0.15, 0.2) is 6.29 Å². The van der Waals surface area contributed by atoms with Crippen LogP contribution in [0.4, 0.5) is 5.82 Å². The lowest BCUT2D eigenvalue weighted by Gasteiger charge is -2.35. The van der Waals surface area contributed by atoms with Crippen LogP contribution in [-0.4, -0.2) is 97.7 Å². The molecule has 3 fully saturated rings. The average Bonchev–Trinajstić information content (AvgIpc) is 3.81. The number of pyridine rings is 1. The highest BCUT2D eigenvalue weighted by Gasteiger charge is 2.32. The maximum absolute atomic E-state index is 11.5. The summed E-state index contributed by atoms with van der Waals surface area (Å²) in [6, 6.07) is 10.0. The summed E-state index contributed by atoms with van der Waals surface area (Å²) in [7, 11) is 4.04. The van der Waals surface area contributed by atoms with Crippen molar-refractivity contribution in [1.29, 1.82) is 5.26 Å². The molecular formula is C34H44ClN7O3. The van der Waals surface area contributed by atoms with E-state index in [0.29, 0.717) is 34.7 Å². The van der Waals surface area contributed by atoms with Crippen LogP contribution in [0, 0.1) is 18.3 Å². The first-order chi connectivity index (χ1) is 21.7. The number of rotatable bonds is 7. The van der Waals surface area contributed by atoms with Gasteiger partial charge in [0.25, 0.3) is 0 Å². The molecule has 2 aliphatic heterocycles. The lowest BCUT2D eigenvalue weighted by atomic mass is 10.1. The van der Waals surface area contributed by atoms with Crippen molar-refractivity contribution in [3.05, 3.63) is 70.5 Å². The van der Waals surface area contributed by atoms with Crippen LogP contribution in [0.3, 0.4) is 0 Å². The highest BCUT2D eigenvalue weighted by molar-refractivity contribution is 6.31. The Morgan fingerprint density at radius 3 is 2.29 bits per heavy atom. The Morgan fingerprint density at radius 2 is 1.80 bits per heavy atom. The van der Waals surface area contributed by atoms with Crippen molar-refractivity contribution in [3.63, 3.8) is 0 Å². The maximum Gasteiger partial charge on any atom is 0.209 e. The molecule has 6 rings (SSSR count). The summed E-state index contributed by atoms with van der Waals surface area (Å²) in [5.41, 5.74) is 4.28. The highest BCUT2D eigenvalue weighted by Crippen LogP contribution is 2.45. The number of piperazine rings is 1. The Morgan fingerprint density at radius 1 is 1.13 bits per heavy atom. The minimum Gasteiger partial charge on any atom is -0.354 e. The lowest BCUT2D eigenvalue weighted by molar-refractivity contribution is -0.122. The number of likely N-dealkylation sites (tertiary alicyclic amines) is 1. The second kappa shape index (κ2) is 17.4. The molecule has 1 amide bonds. The van der Waals surface area contributed by atoms with Gasteiger partial charge in [-0.15, -0.1) is 6.58 Å². The molecule has 0 unspecified atom stereocenters. The van der Waals surface area contributed by atoms with Crippen molar-refractivity contribution in [1.82, 2.24) is 24.7 Å². The van der Waals surface area contributed by atoms with Gasteiger partial charge < -0.3 is 29.4 Å². The minimum atomic E-state index is 0.290. The summed E-state index contributed by atoms with van der Waals surface area (Å²) in [6.45, 7) is 13.4. The molecule has 1 aromatic carbocycles. The number of anilines is 1. The molecule has 0 radical (unpaired) electrons. The Balaban J connectivity index is 0.000000189. The van der Waals surface area contributed by atoms with E-state index in [0.717, 1.165) is 99.1 Å². The molecule has 0 spiro atoms. The van der Waals surface area contributed by atoms with Gasteiger partial charge in [0.1, 0.15) is 18.2 Å². The molecule has 2 saturated heterocycles. The van der Waals surface area contributed by atoms with E-state index < -0.39 is 0 Å². The first-order valence-corrected chi connectivity index (χ1v) is 15.6. The summed E-state index contributed by atoms with van der Waals surface area (Å²) in [4.78, 5) is 42.9. The van der Waals surface area contributed by atoms with E-state index in [1.807, 2.05) is 49.7 Å². The second-order valence-corrected chi connectivity index (χ2v) is 11.8. The fourth-order valence-corrected chi connectivity index (χ4v) is 5.62. The number of aromatic nitrogens is 2. The first-order valence-electron chi connectivity index (χ1n) is 15.2. The van der Waals surface area contributed by atoms with Gasteiger partial charge in [-0.2, -0.15) is 5.26 Å². The van der Waals surface area contributed by atoms with E-state index in [1.165, 1.54) is 0 Å². The number of nitriles is 1. The Kier molecular flexibility index (Phi) is 13.7. The number of allylic oxidation sites excluding steroid dienone is 1. The molecule has 3 aliphatic rings. The largest absolute Gasteiger partial charge is 0.354 e. The molecule has 3 aromatic rings. The van der Waals surface area contributed by atoms with Gasteiger partial charge in [0.05, 0.1) is 17.6 Å². The Bertz CT molecular complexity index is 1480. The molecule has 0 bridgehead atoms. The maximum atomic E-state index is 11.5. The highest BCUT2D eigenvalue weighted by atomic mass is 35.5. The van der Waals surface area contributed by atoms with Gasteiger partial charge in [-0.3, -0.25) is 9.59 Å². The van der Waals surface area contributed by atoms with Crippen LogP contribution in [0.5, 0.6) is 0 Å². The predicted molar refractivity (Wildman–Crippen MR) is 180 cm³/mol. The summed E-state index contributed by atoms with van der Waals surface area (Å²) in [6.07, 6.45) is 8.22. The molecule has 1 aliphatic carbocycles. The van der Waals surface area contributed by atoms with Gasteiger partial charge in [0.2, 0.25) is 6.41 Å². The summed E-state index contributed by atoms with van der Waals surface area (Å²) in [5, 5.41) is 13.2. The van der Waals surface area contributed by atoms with Crippen LogP contribution in [-0.2, 0) is 16.1 Å². The topological polar surface area (TPSA) is 115 Å². The van der Waals surface area contributed by atoms with Crippen LogP contribution in [0.1, 0.15) is 52.9 Å². The third-order valence-corrected chi connectivity index (χ3v) is 8.12. The normalized spacial score (nSPS) is 16.0. The van der Waals surface area contributed by atoms with Gasteiger partial charge in [-0.05, 0) is 70.6 Å².